The van der Waals surface area contributed by atoms with Gasteiger partial charge in [-0.15, -0.1) is 0 Å². The molecule has 362 valence electrons. The highest BCUT2D eigenvalue weighted by Gasteiger charge is 2.54. The number of aromatic hydroxyl groups is 1. The highest BCUT2D eigenvalue weighted by atomic mass is 16.5. The van der Waals surface area contributed by atoms with Crippen molar-refractivity contribution < 1.29 is 38.6 Å². The molecule has 0 unspecified atom stereocenters. The molecule has 6 bridgehead atoms. The summed E-state index contributed by atoms with van der Waals surface area (Å²) in [5, 5.41) is 16.9. The van der Waals surface area contributed by atoms with E-state index in [0.717, 1.165) is 44.5 Å². The van der Waals surface area contributed by atoms with Crippen LogP contribution in [0.1, 0.15) is 97.1 Å². The third kappa shape index (κ3) is 9.02. The number of nitrogens with one attached hydrogen (secondary N) is 2. The monoisotopic (exact) mass is 930 g/mol. The lowest BCUT2D eigenvalue weighted by Gasteiger charge is -2.41. The number of esters is 1. The van der Waals surface area contributed by atoms with Crippen LogP contribution in [0.2, 0.25) is 0 Å². The molecule has 4 aliphatic rings. The van der Waals surface area contributed by atoms with Crippen LogP contribution >= 0.6 is 0 Å². The van der Waals surface area contributed by atoms with Crippen LogP contribution in [0, 0.1) is 16.7 Å². The van der Waals surface area contributed by atoms with Gasteiger partial charge < -0.3 is 34.3 Å². The van der Waals surface area contributed by atoms with Crippen molar-refractivity contribution in [3.63, 3.8) is 0 Å². The van der Waals surface area contributed by atoms with Gasteiger partial charge in [-0.2, -0.15) is 0 Å². The van der Waals surface area contributed by atoms with Crippen LogP contribution in [0.5, 0.6) is 5.75 Å². The van der Waals surface area contributed by atoms with Gasteiger partial charge in [0.1, 0.15) is 23.4 Å². The van der Waals surface area contributed by atoms with Gasteiger partial charge in [-0.05, 0) is 124 Å². The maximum atomic E-state index is 14.9. The van der Waals surface area contributed by atoms with Crippen molar-refractivity contribution in [2.24, 2.45) is 16.7 Å². The summed E-state index contributed by atoms with van der Waals surface area (Å²) in [6, 6.07) is 13.4. The summed E-state index contributed by atoms with van der Waals surface area (Å²) in [5.74, 6) is -2.20. The fourth-order valence-electron chi connectivity index (χ4n) is 11.1. The average molecular weight is 930 g/mol. The van der Waals surface area contributed by atoms with Crippen LogP contribution < -0.4 is 10.7 Å². The van der Waals surface area contributed by atoms with Crippen molar-refractivity contribution in [2.45, 2.75) is 117 Å². The molecule has 1 spiro atoms. The third-order valence-corrected chi connectivity index (χ3v) is 14.7. The lowest BCUT2D eigenvalue weighted by Crippen LogP contribution is -2.66. The van der Waals surface area contributed by atoms with E-state index in [9.17, 15) is 29.1 Å². The van der Waals surface area contributed by atoms with E-state index < -0.39 is 46.2 Å². The number of aryl methyl sites for hydroxylation is 1. The summed E-state index contributed by atoms with van der Waals surface area (Å²) in [6.45, 7) is 19.4. The molecule has 4 aromatic rings. The van der Waals surface area contributed by atoms with E-state index in [1.165, 1.54) is 11.1 Å². The number of hydrogen-bond acceptors (Lipinski definition) is 10. The van der Waals surface area contributed by atoms with Crippen LogP contribution in [-0.2, 0) is 52.8 Å². The predicted molar refractivity (Wildman–Crippen MR) is 259 cm³/mol. The number of phenols is 1. The molecule has 3 N–H and O–H groups in total. The summed E-state index contributed by atoms with van der Waals surface area (Å²) in [7, 11) is 1.67. The van der Waals surface area contributed by atoms with E-state index in [0.29, 0.717) is 57.3 Å². The molecule has 4 aliphatic heterocycles. The molecular weight excluding hydrogens is 863 g/mol. The van der Waals surface area contributed by atoms with Gasteiger partial charge in [0.05, 0.1) is 29.5 Å². The van der Waals surface area contributed by atoms with Gasteiger partial charge in [0.15, 0.2) is 0 Å². The summed E-state index contributed by atoms with van der Waals surface area (Å²) in [5.41, 5.74) is 7.56. The maximum absolute atomic E-state index is 14.9. The average Bonchev–Trinajstić information content (AvgIpc) is 3.99. The molecule has 2 aromatic heterocycles. The molecule has 5 atom stereocenters. The van der Waals surface area contributed by atoms with E-state index in [1.807, 2.05) is 39.0 Å². The molecular formula is C53H67N7O8. The minimum atomic E-state index is -1.26. The molecule has 3 saturated heterocycles. The minimum Gasteiger partial charge on any atom is -0.508 e. The van der Waals surface area contributed by atoms with Crippen molar-refractivity contribution >= 4 is 40.5 Å². The van der Waals surface area contributed by atoms with Gasteiger partial charge in [0.25, 0.3) is 5.91 Å². The number of pyridine rings is 1. The fraction of sp³-hybridized carbons (Fsp3) is 0.509. The number of fused-ring (bicyclic) bond motifs is 6. The molecule has 8 rings (SSSR count). The Balaban J connectivity index is 1.22. The number of phenolic OH excluding ortho intramolecular Hbond substituents is 1. The molecule has 6 heterocycles. The summed E-state index contributed by atoms with van der Waals surface area (Å²) in [6.07, 6.45) is 5.16. The summed E-state index contributed by atoms with van der Waals surface area (Å²) < 4.78 is 14.3. The summed E-state index contributed by atoms with van der Waals surface area (Å²) >= 11 is 0. The number of amides is 4. The van der Waals surface area contributed by atoms with Crippen molar-refractivity contribution in [1.29, 1.82) is 0 Å². The quantitative estimate of drug-likeness (QED) is 0.124. The minimum absolute atomic E-state index is 0.00779. The van der Waals surface area contributed by atoms with Crippen molar-refractivity contribution in [3.05, 3.63) is 84.2 Å². The molecule has 15 nitrogen and oxygen atoms in total. The van der Waals surface area contributed by atoms with Crippen LogP contribution in [0.4, 0.5) is 0 Å². The number of aromatic nitrogens is 2. The van der Waals surface area contributed by atoms with Crippen LogP contribution in [0.15, 0.2) is 67.4 Å². The largest absolute Gasteiger partial charge is 0.508 e. The Hall–Kier alpha value is -6.06. The first-order chi connectivity index (χ1) is 32.3. The van der Waals surface area contributed by atoms with Crippen LogP contribution in [-0.4, -0.2) is 117 Å². The maximum Gasteiger partial charge on any atom is 0.327 e. The number of rotatable bonds is 9. The topological polar surface area (TPSA) is 176 Å². The number of hydrogen-bond donors (Lipinski definition) is 3. The Morgan fingerprint density at radius 1 is 1.03 bits per heavy atom. The third-order valence-electron chi connectivity index (χ3n) is 14.7. The highest BCUT2D eigenvalue weighted by molar-refractivity contribution is 5.97. The van der Waals surface area contributed by atoms with Gasteiger partial charge in [-0.25, -0.2) is 10.2 Å². The number of nitrogens with zero attached hydrogens (tertiary/aromatic N) is 5. The molecule has 3 fully saturated rings. The molecule has 2 aromatic carbocycles. The van der Waals surface area contributed by atoms with Crippen molar-refractivity contribution in [2.75, 3.05) is 39.9 Å². The number of hydrazine groups is 1. The Morgan fingerprint density at radius 3 is 2.51 bits per heavy atom. The van der Waals surface area contributed by atoms with E-state index in [4.69, 9.17) is 14.5 Å². The van der Waals surface area contributed by atoms with Crippen molar-refractivity contribution in [1.82, 2.24) is 35.1 Å². The second kappa shape index (κ2) is 18.8. The number of benzene rings is 2. The first-order valence-electron chi connectivity index (χ1n) is 24.1. The number of ether oxygens (including phenoxy) is 2. The van der Waals surface area contributed by atoms with Crippen LogP contribution in [0.3, 0.4) is 0 Å². The smallest absolute Gasteiger partial charge is 0.327 e. The zero-order valence-electron chi connectivity index (χ0n) is 40.8. The van der Waals surface area contributed by atoms with E-state index in [-0.39, 0.29) is 55.7 Å². The Labute approximate surface area is 399 Å². The second-order valence-corrected chi connectivity index (χ2v) is 20.7. The molecule has 68 heavy (non-hydrogen) atoms. The first-order valence-corrected chi connectivity index (χ1v) is 24.1. The number of methoxy groups -OCH3 is 1. The van der Waals surface area contributed by atoms with Gasteiger partial charge >= 0.3 is 5.97 Å². The van der Waals surface area contributed by atoms with E-state index in [1.54, 1.807) is 42.2 Å². The molecule has 0 saturated carbocycles. The normalized spacial score (nSPS) is 24.0. The highest BCUT2D eigenvalue weighted by Crippen LogP contribution is 2.44. The lowest BCUT2D eigenvalue weighted by atomic mass is 9.84. The molecule has 4 amide bonds. The Bertz CT molecular complexity index is 2660. The molecule has 0 radical (unpaired) electrons. The Morgan fingerprint density at radius 2 is 1.79 bits per heavy atom. The van der Waals surface area contributed by atoms with Crippen LogP contribution in [0.25, 0.3) is 33.3 Å². The zero-order valence-corrected chi connectivity index (χ0v) is 40.8. The second-order valence-electron chi connectivity index (χ2n) is 20.7. The lowest BCUT2D eigenvalue weighted by molar-refractivity contribution is -0.162. The number of carbonyl (C=O) groups excluding carboxylic acids is 5. The molecule has 15 heteroatoms. The number of cyclic esters (lactones) is 1. The van der Waals surface area contributed by atoms with Gasteiger partial charge in [-0.1, -0.05) is 46.4 Å². The standard InChI is InChI=1S/C53H67N7O8/c1-10-43(62)57-22-18-53(30-57)19-23-59(49(53)65)45(32(3)4)47(63)55-41-26-34-24-36(27-37(61)25-34)35-15-16-42-39(28-35)40(46(58(42)11-2)38-14-12-20-54-44(38)33(5)67-9)29-51(6,7)31-68-50(66)52(8)17-13-21-60(56-52)48(41)64/h10,12,14-16,20,24-25,27-28,32-33,41,45,56,61H,1,11,13,17-19,21-23,26,29-31H2,2-9H3,(H,55,63)/t33-,41-,45-,52+,53+/m0/s1. The zero-order chi connectivity index (χ0) is 48.9. The van der Waals surface area contributed by atoms with Gasteiger partial charge in [0, 0.05) is 74.3 Å². The van der Waals surface area contributed by atoms with Crippen molar-refractivity contribution in [3.8, 4) is 28.1 Å². The van der Waals surface area contributed by atoms with E-state index >= 15 is 0 Å². The molecule has 0 aliphatic carbocycles. The van der Waals surface area contributed by atoms with Gasteiger partial charge in [-0.3, -0.25) is 29.2 Å². The SMILES string of the molecule is C=CC(=O)N1CC[C@@]2(CCN([C@H](C(=O)N[C@H]3Cc4cc(O)cc(c4)-c4ccc5c(c4)c(c(-c4cccnc4[C@H](C)OC)n5CC)CC(C)(C)COC(=O)[C@@]4(C)CCCN(N4)C3=O)C(C)C)C2=O)C1. The Kier molecular flexibility index (Phi) is 13.4. The number of carbonyl (C=O) groups is 5. The van der Waals surface area contributed by atoms with E-state index in [2.05, 4.69) is 60.9 Å². The van der Waals surface area contributed by atoms with Gasteiger partial charge in [0.2, 0.25) is 17.7 Å². The summed E-state index contributed by atoms with van der Waals surface area (Å²) in [4.78, 5) is 78.9. The number of likely N-dealkylation sites (tertiary alicyclic amines) is 2. The fourth-order valence-corrected chi connectivity index (χ4v) is 11.1. The first kappa shape index (κ1) is 48.4. The predicted octanol–water partition coefficient (Wildman–Crippen LogP) is 6.50.